The molecule has 0 aliphatic carbocycles. The number of halogens is 4. The molecule has 2 rings (SSSR count). The molecule has 1 N–H and O–H groups in total. The SMILES string of the molecule is CCN1C(=O)CCC1C(=O)NCc1cccc(C(F)(F)F)c1Cl. The predicted octanol–water partition coefficient (Wildman–Crippen LogP) is 2.99. The maximum absolute atomic E-state index is 12.8. The first-order valence-electron chi connectivity index (χ1n) is 7.17. The smallest absolute Gasteiger partial charge is 0.350 e. The van der Waals surface area contributed by atoms with Crippen LogP contribution in [-0.2, 0) is 22.3 Å². The van der Waals surface area contributed by atoms with Gasteiger partial charge in [-0.2, -0.15) is 13.2 Å². The largest absolute Gasteiger partial charge is 0.417 e. The van der Waals surface area contributed by atoms with Crippen molar-refractivity contribution in [3.63, 3.8) is 0 Å². The second-order valence-electron chi connectivity index (χ2n) is 5.23. The van der Waals surface area contributed by atoms with Crippen LogP contribution in [-0.4, -0.2) is 29.3 Å². The lowest BCUT2D eigenvalue weighted by Crippen LogP contribution is -2.44. The Morgan fingerprint density at radius 1 is 1.43 bits per heavy atom. The van der Waals surface area contributed by atoms with Gasteiger partial charge in [0, 0.05) is 19.5 Å². The van der Waals surface area contributed by atoms with E-state index in [4.69, 9.17) is 11.6 Å². The van der Waals surface area contributed by atoms with Crippen LogP contribution in [0.25, 0.3) is 0 Å². The number of carbonyl (C=O) groups excluding carboxylic acids is 2. The van der Waals surface area contributed by atoms with Crippen LogP contribution in [0.1, 0.15) is 30.9 Å². The summed E-state index contributed by atoms with van der Waals surface area (Å²) in [5.41, 5.74) is -0.751. The number of rotatable bonds is 4. The number of nitrogens with zero attached hydrogens (tertiary/aromatic N) is 1. The Bertz CT molecular complexity index is 619. The average Bonchev–Trinajstić information content (AvgIpc) is 2.85. The third-order valence-electron chi connectivity index (χ3n) is 3.81. The van der Waals surface area contributed by atoms with E-state index in [0.717, 1.165) is 6.07 Å². The first-order chi connectivity index (χ1) is 10.8. The van der Waals surface area contributed by atoms with Crippen molar-refractivity contribution in [2.75, 3.05) is 6.54 Å². The molecule has 0 radical (unpaired) electrons. The van der Waals surface area contributed by atoms with Gasteiger partial charge in [-0.25, -0.2) is 0 Å². The van der Waals surface area contributed by atoms with E-state index >= 15 is 0 Å². The molecule has 1 aromatic carbocycles. The van der Waals surface area contributed by atoms with Crippen molar-refractivity contribution in [3.05, 3.63) is 34.3 Å². The summed E-state index contributed by atoms with van der Waals surface area (Å²) in [5, 5.41) is 2.14. The molecule has 1 aromatic rings. The highest BCUT2D eigenvalue weighted by atomic mass is 35.5. The molecule has 1 atom stereocenters. The zero-order valence-corrected chi connectivity index (χ0v) is 13.2. The Morgan fingerprint density at radius 3 is 2.74 bits per heavy atom. The lowest BCUT2D eigenvalue weighted by molar-refractivity contribution is -0.137. The van der Waals surface area contributed by atoms with Crippen LogP contribution < -0.4 is 5.32 Å². The van der Waals surface area contributed by atoms with E-state index in [2.05, 4.69) is 5.32 Å². The lowest BCUT2D eigenvalue weighted by Gasteiger charge is -2.22. The molecule has 1 fully saturated rings. The molecule has 1 aliphatic rings. The van der Waals surface area contributed by atoms with Crippen LogP contribution in [0.5, 0.6) is 0 Å². The number of amides is 2. The highest BCUT2D eigenvalue weighted by Gasteiger charge is 2.35. The fourth-order valence-electron chi connectivity index (χ4n) is 2.64. The van der Waals surface area contributed by atoms with E-state index in [1.165, 1.54) is 17.0 Å². The Balaban J connectivity index is 2.07. The van der Waals surface area contributed by atoms with Gasteiger partial charge in [-0.05, 0) is 25.0 Å². The van der Waals surface area contributed by atoms with Gasteiger partial charge in [0.05, 0.1) is 10.6 Å². The van der Waals surface area contributed by atoms with Crippen molar-refractivity contribution >= 4 is 23.4 Å². The van der Waals surface area contributed by atoms with Crippen molar-refractivity contribution < 1.29 is 22.8 Å². The molecule has 4 nitrogen and oxygen atoms in total. The van der Waals surface area contributed by atoms with Crippen LogP contribution in [0.2, 0.25) is 5.02 Å². The van der Waals surface area contributed by atoms with Gasteiger partial charge in [0.1, 0.15) is 6.04 Å². The van der Waals surface area contributed by atoms with Crippen LogP contribution in [0.4, 0.5) is 13.2 Å². The van der Waals surface area contributed by atoms with Crippen LogP contribution in [0, 0.1) is 0 Å². The Kier molecular flexibility index (Phi) is 5.19. The number of likely N-dealkylation sites (N-methyl/N-ethyl adjacent to an activating group) is 1. The van der Waals surface area contributed by atoms with Gasteiger partial charge in [0.25, 0.3) is 0 Å². The van der Waals surface area contributed by atoms with Gasteiger partial charge in [0.2, 0.25) is 11.8 Å². The third kappa shape index (κ3) is 3.77. The Hall–Kier alpha value is -1.76. The van der Waals surface area contributed by atoms with E-state index in [0.29, 0.717) is 19.4 Å². The molecule has 0 spiro atoms. The zero-order valence-electron chi connectivity index (χ0n) is 12.4. The molecule has 0 saturated carbocycles. The van der Waals surface area contributed by atoms with Crippen molar-refractivity contribution in [2.24, 2.45) is 0 Å². The molecule has 23 heavy (non-hydrogen) atoms. The van der Waals surface area contributed by atoms with Gasteiger partial charge in [-0.15, -0.1) is 0 Å². The molecule has 126 valence electrons. The van der Waals surface area contributed by atoms with Crippen LogP contribution >= 0.6 is 11.6 Å². The third-order valence-corrected chi connectivity index (χ3v) is 4.26. The number of nitrogens with one attached hydrogen (secondary N) is 1. The minimum absolute atomic E-state index is 0.0928. The Labute approximate surface area is 136 Å². The summed E-state index contributed by atoms with van der Waals surface area (Å²) in [6, 6.07) is 2.99. The molecule has 1 heterocycles. The number of benzene rings is 1. The van der Waals surface area contributed by atoms with Crippen molar-refractivity contribution in [3.8, 4) is 0 Å². The summed E-state index contributed by atoms with van der Waals surface area (Å²) in [6.07, 6.45) is -3.83. The molecular formula is C15H16ClF3N2O2. The minimum atomic E-state index is -4.55. The van der Waals surface area contributed by atoms with E-state index in [9.17, 15) is 22.8 Å². The van der Waals surface area contributed by atoms with E-state index < -0.39 is 22.8 Å². The second-order valence-corrected chi connectivity index (χ2v) is 5.61. The van der Waals surface area contributed by atoms with Crippen molar-refractivity contribution in [2.45, 2.75) is 38.5 Å². The highest BCUT2D eigenvalue weighted by Crippen LogP contribution is 2.36. The van der Waals surface area contributed by atoms with Gasteiger partial charge in [0.15, 0.2) is 0 Å². The minimum Gasteiger partial charge on any atom is -0.350 e. The number of hydrogen-bond donors (Lipinski definition) is 1. The molecule has 1 aliphatic heterocycles. The summed E-state index contributed by atoms with van der Waals surface area (Å²) >= 11 is 5.78. The van der Waals surface area contributed by atoms with Crippen molar-refractivity contribution in [1.82, 2.24) is 10.2 Å². The summed E-state index contributed by atoms with van der Waals surface area (Å²) in [4.78, 5) is 25.2. The first kappa shape index (κ1) is 17.6. The van der Waals surface area contributed by atoms with E-state index in [1.54, 1.807) is 6.92 Å². The molecule has 2 amide bonds. The summed E-state index contributed by atoms with van der Waals surface area (Å²) in [6.45, 7) is 2.07. The zero-order chi connectivity index (χ0) is 17.2. The number of alkyl halides is 3. The highest BCUT2D eigenvalue weighted by molar-refractivity contribution is 6.32. The summed E-state index contributed by atoms with van der Waals surface area (Å²) in [5.74, 6) is -0.476. The summed E-state index contributed by atoms with van der Waals surface area (Å²) < 4.78 is 38.4. The van der Waals surface area contributed by atoms with E-state index in [1.807, 2.05) is 0 Å². The van der Waals surface area contributed by atoms with Crippen LogP contribution in [0.3, 0.4) is 0 Å². The topological polar surface area (TPSA) is 49.4 Å². The van der Waals surface area contributed by atoms with Crippen molar-refractivity contribution in [1.29, 1.82) is 0 Å². The normalized spacial score (nSPS) is 18.4. The standard InChI is InChI=1S/C15H16ClF3N2O2/c1-2-21-11(6-7-12(21)22)14(23)20-8-9-4-3-5-10(13(9)16)15(17,18)19/h3-5,11H,2,6-8H2,1H3,(H,20,23). The molecule has 0 aromatic heterocycles. The molecule has 1 saturated heterocycles. The second kappa shape index (κ2) is 6.78. The number of carbonyl (C=O) groups is 2. The average molecular weight is 349 g/mol. The van der Waals surface area contributed by atoms with Gasteiger partial charge >= 0.3 is 6.18 Å². The van der Waals surface area contributed by atoms with E-state index in [-0.39, 0.29) is 23.9 Å². The van der Waals surface area contributed by atoms with Gasteiger partial charge < -0.3 is 10.2 Å². The molecule has 0 bridgehead atoms. The molecule has 8 heteroatoms. The Morgan fingerprint density at radius 2 is 2.13 bits per heavy atom. The monoisotopic (exact) mass is 348 g/mol. The number of hydrogen-bond acceptors (Lipinski definition) is 2. The van der Waals surface area contributed by atoms with Gasteiger partial charge in [-0.1, -0.05) is 23.7 Å². The molecular weight excluding hydrogens is 333 g/mol. The number of likely N-dealkylation sites (tertiary alicyclic amines) is 1. The van der Waals surface area contributed by atoms with Crippen LogP contribution in [0.15, 0.2) is 18.2 Å². The predicted molar refractivity (Wildman–Crippen MR) is 78.7 cm³/mol. The fourth-order valence-corrected chi connectivity index (χ4v) is 2.94. The maximum atomic E-state index is 12.8. The molecule has 1 unspecified atom stereocenters. The summed E-state index contributed by atoms with van der Waals surface area (Å²) in [7, 11) is 0. The maximum Gasteiger partial charge on any atom is 0.417 e. The quantitative estimate of drug-likeness (QED) is 0.909. The van der Waals surface area contributed by atoms with Gasteiger partial charge in [-0.3, -0.25) is 9.59 Å². The lowest BCUT2D eigenvalue weighted by atomic mass is 10.1. The fraction of sp³-hybridized carbons (Fsp3) is 0.467. The first-order valence-corrected chi connectivity index (χ1v) is 7.55.